The molecule has 0 heterocycles. The van der Waals surface area contributed by atoms with E-state index in [1.54, 1.807) is 42.5 Å². The van der Waals surface area contributed by atoms with E-state index in [9.17, 15) is 9.59 Å². The molecule has 5 nitrogen and oxygen atoms in total. The maximum absolute atomic E-state index is 13.0. The molecule has 0 radical (unpaired) electrons. The quantitative estimate of drug-likeness (QED) is 0.231. The fourth-order valence-corrected chi connectivity index (χ4v) is 3.62. The Hall–Kier alpha value is -3.31. The van der Waals surface area contributed by atoms with Crippen molar-refractivity contribution in [2.45, 2.75) is 39.5 Å². The second-order valence-corrected chi connectivity index (χ2v) is 8.29. The minimum Gasteiger partial charge on any atom is -0.490 e. The van der Waals surface area contributed by atoms with E-state index in [1.807, 2.05) is 31.2 Å². The third kappa shape index (κ3) is 7.09. The van der Waals surface area contributed by atoms with Crippen molar-refractivity contribution < 1.29 is 19.1 Å². The fraction of sp³-hybridized carbons (Fsp3) is 0.286. The molecule has 1 amide bonds. The molecule has 0 spiro atoms. The number of halogens is 1. The van der Waals surface area contributed by atoms with Crippen molar-refractivity contribution >= 4 is 29.0 Å². The van der Waals surface area contributed by atoms with Gasteiger partial charge in [-0.2, -0.15) is 0 Å². The average molecular weight is 480 g/mol. The predicted molar refractivity (Wildman–Crippen MR) is 136 cm³/mol. The van der Waals surface area contributed by atoms with Crippen LogP contribution < -0.4 is 14.8 Å². The molecule has 0 saturated heterocycles. The van der Waals surface area contributed by atoms with Gasteiger partial charge in [0.25, 0.3) is 0 Å². The molecule has 0 aliphatic carbocycles. The van der Waals surface area contributed by atoms with Gasteiger partial charge in [0.15, 0.2) is 17.3 Å². The van der Waals surface area contributed by atoms with E-state index in [4.69, 9.17) is 21.1 Å². The zero-order chi connectivity index (χ0) is 24.3. The number of ether oxygens (including phenoxy) is 2. The number of amides is 1. The third-order valence-corrected chi connectivity index (χ3v) is 5.48. The van der Waals surface area contributed by atoms with Crippen molar-refractivity contribution in [2.75, 3.05) is 18.5 Å². The van der Waals surface area contributed by atoms with Crippen LogP contribution in [0.5, 0.6) is 11.5 Å². The number of ketones is 1. The zero-order valence-electron chi connectivity index (χ0n) is 19.6. The van der Waals surface area contributed by atoms with Gasteiger partial charge in [-0.25, -0.2) is 0 Å². The van der Waals surface area contributed by atoms with E-state index in [2.05, 4.69) is 12.2 Å². The molecule has 6 heteroatoms. The molecule has 0 unspecified atom stereocenters. The molecule has 0 aliphatic rings. The lowest BCUT2D eigenvalue weighted by atomic mass is 10.0. The lowest BCUT2D eigenvalue weighted by molar-refractivity contribution is -0.116. The molecule has 0 atom stereocenters. The number of benzene rings is 3. The van der Waals surface area contributed by atoms with Crippen molar-refractivity contribution in [2.24, 2.45) is 0 Å². The number of hydrogen-bond donors (Lipinski definition) is 1. The lowest BCUT2D eigenvalue weighted by Crippen LogP contribution is -2.15. The molecule has 178 valence electrons. The van der Waals surface area contributed by atoms with Gasteiger partial charge in [0.2, 0.25) is 5.91 Å². The number of rotatable bonds is 12. The second kappa shape index (κ2) is 12.8. The first-order chi connectivity index (χ1) is 16.5. The number of hydrogen-bond acceptors (Lipinski definition) is 4. The van der Waals surface area contributed by atoms with Gasteiger partial charge in [0.1, 0.15) is 0 Å². The summed E-state index contributed by atoms with van der Waals surface area (Å²) in [6, 6.07) is 19.6. The molecule has 3 aromatic rings. The summed E-state index contributed by atoms with van der Waals surface area (Å²) in [4.78, 5) is 25.7. The van der Waals surface area contributed by atoms with E-state index < -0.39 is 0 Å². The topological polar surface area (TPSA) is 64.6 Å². The van der Waals surface area contributed by atoms with Crippen LogP contribution in [0, 0.1) is 0 Å². The Kier molecular flexibility index (Phi) is 9.53. The summed E-state index contributed by atoms with van der Waals surface area (Å²) in [7, 11) is 0. The predicted octanol–water partition coefficient (Wildman–Crippen LogP) is 6.72. The van der Waals surface area contributed by atoms with E-state index in [-0.39, 0.29) is 18.1 Å². The maximum atomic E-state index is 13.0. The summed E-state index contributed by atoms with van der Waals surface area (Å²) in [5.41, 5.74) is 2.31. The minimum absolute atomic E-state index is 0.189. The van der Waals surface area contributed by atoms with Gasteiger partial charge in [0.05, 0.1) is 18.9 Å². The molecular weight excluding hydrogens is 450 g/mol. The van der Waals surface area contributed by atoms with Gasteiger partial charge >= 0.3 is 0 Å². The maximum Gasteiger partial charge on any atom is 0.224 e. The summed E-state index contributed by atoms with van der Waals surface area (Å²) in [6.45, 7) is 5.22. The Balaban J connectivity index is 1.67. The van der Waals surface area contributed by atoms with Crippen LogP contribution in [-0.4, -0.2) is 24.9 Å². The first kappa shape index (κ1) is 25.3. The smallest absolute Gasteiger partial charge is 0.224 e. The van der Waals surface area contributed by atoms with E-state index >= 15 is 0 Å². The van der Waals surface area contributed by atoms with Gasteiger partial charge in [-0.05, 0) is 55.7 Å². The highest BCUT2D eigenvalue weighted by Gasteiger charge is 2.16. The highest BCUT2D eigenvalue weighted by atomic mass is 35.5. The fourth-order valence-electron chi connectivity index (χ4n) is 3.45. The van der Waals surface area contributed by atoms with Crippen LogP contribution in [-0.2, 0) is 11.2 Å². The van der Waals surface area contributed by atoms with Crippen LogP contribution in [0.3, 0.4) is 0 Å². The lowest BCUT2D eigenvalue weighted by Gasteiger charge is -2.14. The van der Waals surface area contributed by atoms with Crippen molar-refractivity contribution in [3.63, 3.8) is 0 Å². The number of anilines is 1. The van der Waals surface area contributed by atoms with Crippen molar-refractivity contribution in [3.05, 3.63) is 88.4 Å². The summed E-state index contributed by atoms with van der Waals surface area (Å²) >= 11 is 6.13. The Morgan fingerprint density at radius 2 is 1.71 bits per heavy atom. The number of carbonyl (C=O) groups excluding carboxylic acids is 2. The molecule has 34 heavy (non-hydrogen) atoms. The minimum atomic E-state index is -0.196. The van der Waals surface area contributed by atoms with Gasteiger partial charge in [0, 0.05) is 22.6 Å². The second-order valence-electron chi connectivity index (χ2n) is 7.85. The standard InChI is InChI=1S/C28H30ClNO4/c1-3-5-17-34-25-15-11-20(18-26(25)33-4-2)12-16-27(31)30-24-14-13-22(29)19-23(24)28(32)21-9-7-6-8-10-21/h6-11,13-15,18-19H,3-5,12,16-17H2,1-2H3,(H,30,31). The number of aryl methyl sites for hydroxylation is 1. The first-order valence-electron chi connectivity index (χ1n) is 11.6. The molecule has 0 saturated carbocycles. The molecular formula is C28H30ClNO4. The van der Waals surface area contributed by atoms with Gasteiger partial charge in [-0.1, -0.05) is 61.3 Å². The van der Waals surface area contributed by atoms with Crippen LogP contribution in [0.15, 0.2) is 66.7 Å². The first-order valence-corrected chi connectivity index (χ1v) is 12.0. The highest BCUT2D eigenvalue weighted by Crippen LogP contribution is 2.29. The largest absolute Gasteiger partial charge is 0.490 e. The van der Waals surface area contributed by atoms with Gasteiger partial charge < -0.3 is 14.8 Å². The average Bonchev–Trinajstić information content (AvgIpc) is 2.85. The van der Waals surface area contributed by atoms with Crippen LogP contribution >= 0.6 is 11.6 Å². The highest BCUT2D eigenvalue weighted by molar-refractivity contribution is 6.31. The molecule has 0 aliphatic heterocycles. The van der Waals surface area contributed by atoms with Crippen LogP contribution in [0.1, 0.15) is 54.6 Å². The molecule has 3 rings (SSSR count). The van der Waals surface area contributed by atoms with Crippen LogP contribution in [0.4, 0.5) is 5.69 Å². The zero-order valence-corrected chi connectivity index (χ0v) is 20.4. The van der Waals surface area contributed by atoms with Crippen LogP contribution in [0.25, 0.3) is 0 Å². The van der Waals surface area contributed by atoms with E-state index in [0.717, 1.165) is 18.4 Å². The molecule has 0 fully saturated rings. The normalized spacial score (nSPS) is 10.6. The van der Waals surface area contributed by atoms with Crippen molar-refractivity contribution in [1.29, 1.82) is 0 Å². The number of unbranched alkanes of at least 4 members (excludes halogenated alkanes) is 1. The summed E-state index contributed by atoms with van der Waals surface area (Å²) < 4.78 is 11.6. The third-order valence-electron chi connectivity index (χ3n) is 5.24. The number of carbonyl (C=O) groups is 2. The molecule has 0 bridgehead atoms. The number of nitrogens with one attached hydrogen (secondary N) is 1. The Morgan fingerprint density at radius 3 is 2.44 bits per heavy atom. The van der Waals surface area contributed by atoms with Gasteiger partial charge in [-0.3, -0.25) is 9.59 Å². The van der Waals surface area contributed by atoms with Crippen molar-refractivity contribution in [3.8, 4) is 11.5 Å². The van der Waals surface area contributed by atoms with Crippen molar-refractivity contribution in [1.82, 2.24) is 0 Å². The molecule has 3 aromatic carbocycles. The van der Waals surface area contributed by atoms with E-state index in [1.165, 1.54) is 0 Å². The molecule has 0 aromatic heterocycles. The van der Waals surface area contributed by atoms with Gasteiger partial charge in [-0.15, -0.1) is 0 Å². The molecule has 1 N–H and O–H groups in total. The Morgan fingerprint density at radius 1 is 0.912 bits per heavy atom. The monoisotopic (exact) mass is 479 g/mol. The summed E-state index contributed by atoms with van der Waals surface area (Å²) in [6.07, 6.45) is 2.82. The van der Waals surface area contributed by atoms with E-state index in [0.29, 0.717) is 53.0 Å². The Labute approximate surface area is 206 Å². The SMILES string of the molecule is CCCCOc1ccc(CCC(=O)Nc2ccc(Cl)cc2C(=O)c2ccccc2)cc1OCC. The summed E-state index contributed by atoms with van der Waals surface area (Å²) in [5, 5.41) is 3.30. The van der Waals surface area contributed by atoms with Crippen LogP contribution in [0.2, 0.25) is 5.02 Å². The summed E-state index contributed by atoms with van der Waals surface area (Å²) in [5.74, 6) is 1.02. The Bertz CT molecular complexity index is 1110.